The number of carbonyl (C=O) groups excluding carboxylic acids is 1. The van der Waals surface area contributed by atoms with Crippen molar-refractivity contribution < 1.29 is 4.79 Å². The number of rotatable bonds is 5. The van der Waals surface area contributed by atoms with Gasteiger partial charge in [0.2, 0.25) is 5.91 Å². The van der Waals surface area contributed by atoms with Crippen LogP contribution < -0.4 is 10.9 Å². The first kappa shape index (κ1) is 17.6. The average molecular weight is 342 g/mol. The van der Waals surface area contributed by atoms with Gasteiger partial charge < -0.3 is 10.2 Å². The van der Waals surface area contributed by atoms with Gasteiger partial charge in [-0.25, -0.2) is 4.98 Å². The van der Waals surface area contributed by atoms with E-state index in [0.717, 1.165) is 25.1 Å². The summed E-state index contributed by atoms with van der Waals surface area (Å²) in [5.41, 5.74) is 1.49. The molecule has 2 aromatic rings. The molecule has 0 saturated carbocycles. The third-order valence-electron chi connectivity index (χ3n) is 5.00. The summed E-state index contributed by atoms with van der Waals surface area (Å²) in [6.07, 6.45) is 2.57. The van der Waals surface area contributed by atoms with Crippen molar-refractivity contribution in [1.82, 2.24) is 19.8 Å². The Morgan fingerprint density at radius 3 is 2.92 bits per heavy atom. The highest BCUT2D eigenvalue weighted by Gasteiger charge is 2.24. The summed E-state index contributed by atoms with van der Waals surface area (Å²) >= 11 is 0. The first-order chi connectivity index (χ1) is 12.0. The zero-order valence-electron chi connectivity index (χ0n) is 15.2. The fraction of sp³-hybridized carbons (Fsp3) is 0.526. The third-order valence-corrected chi connectivity index (χ3v) is 5.00. The third kappa shape index (κ3) is 3.90. The van der Waals surface area contributed by atoms with E-state index in [9.17, 15) is 9.59 Å². The van der Waals surface area contributed by atoms with Crippen molar-refractivity contribution in [3.63, 3.8) is 0 Å². The van der Waals surface area contributed by atoms with Gasteiger partial charge in [-0.3, -0.25) is 14.2 Å². The summed E-state index contributed by atoms with van der Waals surface area (Å²) in [7, 11) is 0. The summed E-state index contributed by atoms with van der Waals surface area (Å²) < 4.78 is 1.38. The van der Waals surface area contributed by atoms with Crippen LogP contribution in [0.25, 0.3) is 10.9 Å². The first-order valence-corrected chi connectivity index (χ1v) is 8.91. The van der Waals surface area contributed by atoms with Crippen LogP contribution in [0.15, 0.2) is 29.3 Å². The van der Waals surface area contributed by atoms with Gasteiger partial charge in [0.15, 0.2) is 0 Å². The van der Waals surface area contributed by atoms with Crippen molar-refractivity contribution in [2.45, 2.75) is 39.8 Å². The molecule has 0 radical (unpaired) electrons. The van der Waals surface area contributed by atoms with E-state index in [1.165, 1.54) is 10.9 Å². The second-order valence-electron chi connectivity index (χ2n) is 7.20. The number of benzene rings is 1. The Morgan fingerprint density at radius 2 is 2.20 bits per heavy atom. The first-order valence-electron chi connectivity index (χ1n) is 8.91. The van der Waals surface area contributed by atoms with Gasteiger partial charge in [0.05, 0.1) is 17.2 Å². The molecule has 134 valence electrons. The number of likely N-dealkylation sites (tertiary alicyclic amines) is 1. The van der Waals surface area contributed by atoms with Crippen molar-refractivity contribution in [2.75, 3.05) is 19.6 Å². The molecule has 1 atom stereocenters. The minimum absolute atomic E-state index is 0.0102. The molecule has 1 N–H and O–H groups in total. The van der Waals surface area contributed by atoms with Crippen LogP contribution in [-0.2, 0) is 11.3 Å². The molecule has 1 amide bonds. The van der Waals surface area contributed by atoms with Crippen LogP contribution in [0.1, 0.15) is 25.8 Å². The van der Waals surface area contributed by atoms with E-state index < -0.39 is 0 Å². The Hall–Kier alpha value is -2.21. The van der Waals surface area contributed by atoms with E-state index in [1.54, 1.807) is 6.07 Å². The molecule has 0 bridgehead atoms. The maximum atomic E-state index is 12.5. The zero-order chi connectivity index (χ0) is 18.0. The van der Waals surface area contributed by atoms with Gasteiger partial charge in [0.25, 0.3) is 5.56 Å². The van der Waals surface area contributed by atoms with E-state index in [1.807, 2.05) is 19.1 Å². The van der Waals surface area contributed by atoms with Crippen molar-refractivity contribution in [3.05, 3.63) is 40.4 Å². The Kier molecular flexibility index (Phi) is 5.18. The predicted molar refractivity (Wildman–Crippen MR) is 98.6 cm³/mol. The lowest BCUT2D eigenvalue weighted by Gasteiger charge is -2.20. The molecule has 0 spiro atoms. The summed E-state index contributed by atoms with van der Waals surface area (Å²) in [4.78, 5) is 31.5. The molecule has 1 unspecified atom stereocenters. The summed E-state index contributed by atoms with van der Waals surface area (Å²) in [5, 5.41) is 3.52. The van der Waals surface area contributed by atoms with E-state index in [-0.39, 0.29) is 18.0 Å². The van der Waals surface area contributed by atoms with Crippen LogP contribution in [0.3, 0.4) is 0 Å². The number of amides is 1. The summed E-state index contributed by atoms with van der Waals surface area (Å²) in [5.74, 6) is 0.347. The monoisotopic (exact) mass is 342 g/mol. The van der Waals surface area contributed by atoms with E-state index in [2.05, 4.69) is 29.0 Å². The van der Waals surface area contributed by atoms with Gasteiger partial charge in [-0.2, -0.15) is 0 Å². The van der Waals surface area contributed by atoms with Crippen LogP contribution in [0.5, 0.6) is 0 Å². The maximum absolute atomic E-state index is 12.5. The highest BCUT2D eigenvalue weighted by Crippen LogP contribution is 2.17. The molecule has 25 heavy (non-hydrogen) atoms. The number of aryl methyl sites for hydroxylation is 1. The van der Waals surface area contributed by atoms with E-state index in [4.69, 9.17) is 0 Å². The lowest BCUT2D eigenvalue weighted by molar-refractivity contribution is -0.121. The molecule has 1 aliphatic heterocycles. The maximum Gasteiger partial charge on any atom is 0.261 e. The summed E-state index contributed by atoms with van der Waals surface area (Å²) in [6.45, 7) is 9.10. The molecule has 0 aliphatic carbocycles. The van der Waals surface area contributed by atoms with Gasteiger partial charge >= 0.3 is 0 Å². The average Bonchev–Trinajstić information content (AvgIpc) is 3.05. The number of nitrogens with zero attached hydrogens (tertiary/aromatic N) is 3. The molecule has 1 aliphatic rings. The Labute approximate surface area is 147 Å². The number of carbonyl (C=O) groups is 1. The second-order valence-corrected chi connectivity index (χ2v) is 7.20. The van der Waals surface area contributed by atoms with Crippen LogP contribution in [0, 0.1) is 12.8 Å². The number of aromatic nitrogens is 2. The normalized spacial score (nSPS) is 18.2. The van der Waals surface area contributed by atoms with Crippen molar-refractivity contribution in [3.8, 4) is 0 Å². The van der Waals surface area contributed by atoms with Crippen molar-refractivity contribution in [2.24, 2.45) is 5.92 Å². The van der Waals surface area contributed by atoms with Crippen LogP contribution in [0.4, 0.5) is 0 Å². The topological polar surface area (TPSA) is 67.2 Å². The van der Waals surface area contributed by atoms with Gasteiger partial charge in [0.1, 0.15) is 6.54 Å². The molecule has 1 aromatic carbocycles. The molecule has 6 nitrogen and oxygen atoms in total. The fourth-order valence-corrected chi connectivity index (χ4v) is 3.42. The highest BCUT2D eigenvalue weighted by molar-refractivity contribution is 5.81. The van der Waals surface area contributed by atoms with Gasteiger partial charge in [-0.1, -0.05) is 12.1 Å². The Morgan fingerprint density at radius 1 is 1.40 bits per heavy atom. The Bertz CT molecular complexity index is 828. The van der Waals surface area contributed by atoms with E-state index >= 15 is 0 Å². The lowest BCUT2D eigenvalue weighted by Crippen LogP contribution is -2.36. The van der Waals surface area contributed by atoms with E-state index in [0.29, 0.717) is 29.4 Å². The van der Waals surface area contributed by atoms with Gasteiger partial charge in [-0.15, -0.1) is 0 Å². The molecule has 1 fully saturated rings. The number of para-hydroxylation sites is 1. The molecule has 1 saturated heterocycles. The molecule has 1 aromatic heterocycles. The van der Waals surface area contributed by atoms with Crippen molar-refractivity contribution >= 4 is 16.8 Å². The number of hydrogen-bond donors (Lipinski definition) is 1. The number of fused-ring (bicyclic) bond motifs is 1. The highest BCUT2D eigenvalue weighted by atomic mass is 16.2. The molecule has 3 rings (SSSR count). The van der Waals surface area contributed by atoms with Crippen LogP contribution in [0.2, 0.25) is 0 Å². The molecular weight excluding hydrogens is 316 g/mol. The minimum atomic E-state index is -0.171. The molecular formula is C19H26N4O2. The standard InChI is InChI=1S/C19H26N4O2/c1-13(2)22-8-7-15(10-22)9-20-17(24)11-23-12-21-18-14(3)5-4-6-16(18)19(23)25/h4-6,12-13,15H,7-11H2,1-3H3,(H,20,24). The fourth-order valence-electron chi connectivity index (χ4n) is 3.42. The van der Waals surface area contributed by atoms with Crippen LogP contribution in [-0.4, -0.2) is 46.0 Å². The quantitative estimate of drug-likeness (QED) is 0.895. The number of nitrogens with one attached hydrogen (secondary N) is 1. The van der Waals surface area contributed by atoms with Crippen molar-refractivity contribution in [1.29, 1.82) is 0 Å². The predicted octanol–water partition coefficient (Wildman–Crippen LogP) is 1.55. The van der Waals surface area contributed by atoms with Gasteiger partial charge in [0, 0.05) is 19.1 Å². The zero-order valence-corrected chi connectivity index (χ0v) is 15.2. The van der Waals surface area contributed by atoms with Crippen LogP contribution >= 0.6 is 0 Å². The minimum Gasteiger partial charge on any atom is -0.354 e. The summed E-state index contributed by atoms with van der Waals surface area (Å²) in [6, 6.07) is 6.07. The molecule has 2 heterocycles. The largest absolute Gasteiger partial charge is 0.354 e. The van der Waals surface area contributed by atoms with Gasteiger partial charge in [-0.05, 0) is 51.3 Å². The smallest absolute Gasteiger partial charge is 0.261 e. The second kappa shape index (κ2) is 7.35. The number of hydrogen-bond acceptors (Lipinski definition) is 4. The SMILES string of the molecule is Cc1cccc2c(=O)n(CC(=O)NCC3CCN(C(C)C)C3)cnc12. The Balaban J connectivity index is 1.61. The lowest BCUT2D eigenvalue weighted by atomic mass is 10.1. The molecule has 6 heteroatoms.